The van der Waals surface area contributed by atoms with E-state index in [9.17, 15) is 14.9 Å². The largest absolute Gasteiger partial charge is 0.413 e. The van der Waals surface area contributed by atoms with E-state index in [1.54, 1.807) is 6.92 Å². The maximum absolute atomic E-state index is 10.9. The lowest BCUT2D eigenvalue weighted by Crippen LogP contribution is -2.09. The predicted octanol–water partition coefficient (Wildman–Crippen LogP) is 2.48. The number of hydrogen-bond donors (Lipinski definition) is 0. The third kappa shape index (κ3) is 2.95. The van der Waals surface area contributed by atoms with E-state index in [-0.39, 0.29) is 5.75 Å². The number of rotatable bonds is 4. The molecule has 0 aromatic carbocycles. The van der Waals surface area contributed by atoms with Gasteiger partial charge in [0, 0.05) is 34.0 Å². The van der Waals surface area contributed by atoms with E-state index in [0.29, 0.717) is 16.6 Å². The van der Waals surface area contributed by atoms with Crippen LogP contribution >= 0.6 is 15.9 Å². The Hall–Kier alpha value is -1.70. The Balaban J connectivity index is 3.34. The van der Waals surface area contributed by atoms with Crippen LogP contribution in [0.2, 0.25) is 0 Å². The molecule has 0 aliphatic carbocycles. The molecule has 1 heterocycles. The molecule has 0 atom stereocenters. The Morgan fingerprint density at radius 2 is 2.17 bits per heavy atom. The molecule has 0 aliphatic rings. The minimum Gasteiger partial charge on any atom is -0.358 e. The molecule has 18 heavy (non-hydrogen) atoms. The number of pyridine rings is 1. The quantitative estimate of drug-likeness (QED) is 0.366. The molecule has 0 radical (unpaired) electrons. The summed E-state index contributed by atoms with van der Waals surface area (Å²) in [6, 6.07) is 0. The second kappa shape index (κ2) is 5.76. The number of carbonyl (C=O) groups is 1. The topological polar surface area (TPSA) is 91.6 Å². The second-order valence-electron chi connectivity index (χ2n) is 3.43. The highest BCUT2D eigenvalue weighted by Gasteiger charge is 2.27. The first-order chi connectivity index (χ1) is 8.38. The van der Waals surface area contributed by atoms with Crippen molar-refractivity contribution in [1.29, 1.82) is 0 Å². The van der Waals surface area contributed by atoms with Crippen LogP contribution in [0.3, 0.4) is 0 Å². The van der Waals surface area contributed by atoms with Gasteiger partial charge in [-0.1, -0.05) is 6.92 Å². The zero-order valence-corrected chi connectivity index (χ0v) is 11.6. The van der Waals surface area contributed by atoms with Gasteiger partial charge < -0.3 is 10.1 Å². The maximum atomic E-state index is 10.9. The molecule has 0 amide bonds. The van der Waals surface area contributed by atoms with Gasteiger partial charge in [-0.25, -0.2) is 4.79 Å². The fraction of sp³-hybridized carbons (Fsp3) is 0.400. The van der Waals surface area contributed by atoms with Crippen LogP contribution in [-0.4, -0.2) is 15.9 Å². The van der Waals surface area contributed by atoms with Crippen LogP contribution in [0.25, 0.3) is 0 Å². The lowest BCUT2D eigenvalue weighted by Gasteiger charge is -2.09. The molecule has 8 heteroatoms. The molecular formula is C10H11BrN2O5. The van der Waals surface area contributed by atoms with E-state index >= 15 is 0 Å². The van der Waals surface area contributed by atoms with Gasteiger partial charge in [0.2, 0.25) is 4.60 Å². The van der Waals surface area contributed by atoms with Crippen LogP contribution in [0.5, 0.6) is 5.75 Å². The molecule has 0 unspecified atom stereocenters. The summed E-state index contributed by atoms with van der Waals surface area (Å²) in [5.74, 6) is -1.36. The second-order valence-corrected chi connectivity index (χ2v) is 4.18. The SMILES string of the molecule is CCc1c(Br)nc([N+](=O)[O-])c(OOC(C)=O)c1C. The number of aromatic nitrogens is 1. The number of nitro groups is 1. The lowest BCUT2D eigenvalue weighted by molar-refractivity contribution is -0.392. The lowest BCUT2D eigenvalue weighted by atomic mass is 10.1. The predicted molar refractivity (Wildman–Crippen MR) is 65.1 cm³/mol. The fourth-order valence-corrected chi connectivity index (χ4v) is 2.15. The molecule has 0 N–H and O–H groups in total. The molecular weight excluding hydrogens is 308 g/mol. The highest BCUT2D eigenvalue weighted by atomic mass is 79.9. The standard InChI is InChI=1S/C10H11BrN2O5/c1-4-7-5(2)8(18-17-6(3)14)10(13(15)16)12-9(7)11/h4H2,1-3H3. The van der Waals surface area contributed by atoms with Gasteiger partial charge in [-0.2, -0.15) is 0 Å². The van der Waals surface area contributed by atoms with Crippen molar-refractivity contribution in [3.05, 3.63) is 25.8 Å². The van der Waals surface area contributed by atoms with E-state index in [2.05, 4.69) is 25.8 Å². The summed E-state index contributed by atoms with van der Waals surface area (Å²) >= 11 is 3.16. The van der Waals surface area contributed by atoms with Crippen LogP contribution in [0.15, 0.2) is 4.60 Å². The first-order valence-corrected chi connectivity index (χ1v) is 5.86. The molecule has 0 aliphatic heterocycles. The minimum absolute atomic E-state index is 0.157. The summed E-state index contributed by atoms with van der Waals surface area (Å²) in [4.78, 5) is 33.7. The highest BCUT2D eigenvalue weighted by molar-refractivity contribution is 9.10. The third-order valence-corrected chi connectivity index (χ3v) is 2.87. The molecule has 98 valence electrons. The third-order valence-electron chi connectivity index (χ3n) is 2.22. The van der Waals surface area contributed by atoms with Gasteiger partial charge >= 0.3 is 11.8 Å². The van der Waals surface area contributed by atoms with Crippen molar-refractivity contribution in [2.24, 2.45) is 0 Å². The Bertz CT molecular complexity index is 504. The van der Waals surface area contributed by atoms with Crippen molar-refractivity contribution in [3.8, 4) is 5.75 Å². The normalized spacial score (nSPS) is 10.0. The zero-order valence-electron chi connectivity index (χ0n) is 10.0. The van der Waals surface area contributed by atoms with Crippen molar-refractivity contribution in [1.82, 2.24) is 4.98 Å². The average Bonchev–Trinajstić information content (AvgIpc) is 2.27. The van der Waals surface area contributed by atoms with Gasteiger partial charge in [0.15, 0.2) is 0 Å². The first-order valence-electron chi connectivity index (χ1n) is 5.06. The van der Waals surface area contributed by atoms with E-state index in [1.807, 2.05) is 6.92 Å². The fourth-order valence-electron chi connectivity index (χ4n) is 1.41. The molecule has 1 aromatic heterocycles. The average molecular weight is 319 g/mol. The van der Waals surface area contributed by atoms with Gasteiger partial charge in [0.1, 0.15) is 0 Å². The van der Waals surface area contributed by atoms with E-state index in [4.69, 9.17) is 4.89 Å². The van der Waals surface area contributed by atoms with Gasteiger partial charge in [-0.05, 0) is 23.3 Å². The molecule has 0 saturated heterocycles. The summed E-state index contributed by atoms with van der Waals surface area (Å²) in [6.07, 6.45) is 0.605. The summed E-state index contributed by atoms with van der Waals surface area (Å²) in [5.41, 5.74) is 1.26. The van der Waals surface area contributed by atoms with Gasteiger partial charge in [0.25, 0.3) is 5.75 Å². The molecule has 7 nitrogen and oxygen atoms in total. The van der Waals surface area contributed by atoms with Crippen LogP contribution in [-0.2, 0) is 16.1 Å². The monoisotopic (exact) mass is 318 g/mol. The molecule has 0 bridgehead atoms. The van der Waals surface area contributed by atoms with Crippen LogP contribution < -0.4 is 4.89 Å². The molecule has 1 rings (SSSR count). The first kappa shape index (κ1) is 14.4. The van der Waals surface area contributed by atoms with Gasteiger partial charge in [0.05, 0.1) is 0 Å². The van der Waals surface area contributed by atoms with E-state index < -0.39 is 16.7 Å². The van der Waals surface area contributed by atoms with Crippen LogP contribution in [0.1, 0.15) is 25.0 Å². The number of nitrogens with zero attached hydrogens (tertiary/aromatic N) is 2. The highest BCUT2D eigenvalue weighted by Crippen LogP contribution is 2.35. The van der Waals surface area contributed by atoms with E-state index in [1.165, 1.54) is 0 Å². The van der Waals surface area contributed by atoms with Crippen LogP contribution in [0.4, 0.5) is 5.82 Å². The van der Waals surface area contributed by atoms with Crippen LogP contribution in [0, 0.1) is 17.0 Å². The molecule has 0 saturated carbocycles. The molecule has 0 spiro atoms. The summed E-state index contributed by atoms with van der Waals surface area (Å²) in [7, 11) is 0. The summed E-state index contributed by atoms with van der Waals surface area (Å²) in [6.45, 7) is 4.64. The summed E-state index contributed by atoms with van der Waals surface area (Å²) < 4.78 is 0.379. The Kier molecular flexibility index (Phi) is 4.60. The van der Waals surface area contributed by atoms with E-state index in [0.717, 1.165) is 12.5 Å². The minimum atomic E-state index is -0.704. The van der Waals surface area contributed by atoms with Crippen molar-refractivity contribution in [3.63, 3.8) is 0 Å². The Morgan fingerprint density at radius 1 is 1.56 bits per heavy atom. The van der Waals surface area contributed by atoms with Crippen molar-refractivity contribution in [2.75, 3.05) is 0 Å². The maximum Gasteiger partial charge on any atom is 0.413 e. The Morgan fingerprint density at radius 3 is 2.61 bits per heavy atom. The van der Waals surface area contributed by atoms with Gasteiger partial charge in [-0.3, -0.25) is 9.78 Å². The van der Waals surface area contributed by atoms with Crippen molar-refractivity contribution in [2.45, 2.75) is 27.2 Å². The number of hydrogen-bond acceptors (Lipinski definition) is 6. The molecule has 0 fully saturated rings. The summed E-state index contributed by atoms with van der Waals surface area (Å²) in [5, 5.41) is 10.9. The molecule has 1 aromatic rings. The Labute approximate surface area is 111 Å². The van der Waals surface area contributed by atoms with Crippen molar-refractivity contribution < 1.29 is 19.5 Å². The zero-order chi connectivity index (χ0) is 13.9. The number of halogens is 1. The van der Waals surface area contributed by atoms with Gasteiger partial charge in [-0.15, -0.1) is 0 Å². The smallest absolute Gasteiger partial charge is 0.358 e. The number of carbonyl (C=O) groups excluding carboxylic acids is 1. The van der Waals surface area contributed by atoms with Crippen molar-refractivity contribution >= 4 is 27.7 Å².